The van der Waals surface area contributed by atoms with E-state index in [4.69, 9.17) is 4.74 Å². The number of ether oxygens (including phenoxy) is 1. The van der Waals surface area contributed by atoms with Crippen molar-refractivity contribution in [2.45, 2.75) is 38.8 Å². The van der Waals surface area contributed by atoms with Gasteiger partial charge in [0.05, 0.1) is 13.2 Å². The molecule has 142 valence electrons. The predicted octanol–water partition coefficient (Wildman–Crippen LogP) is 3.41. The summed E-state index contributed by atoms with van der Waals surface area (Å²) in [5.74, 6) is 0.561. The summed E-state index contributed by atoms with van der Waals surface area (Å²) in [6, 6.07) is 14.9. The fourth-order valence-electron chi connectivity index (χ4n) is 3.70. The highest BCUT2D eigenvalue weighted by Gasteiger charge is 2.35. The number of carbonyl (C=O) groups excluding carboxylic acids is 2. The molecule has 2 amide bonds. The lowest BCUT2D eigenvalue weighted by molar-refractivity contribution is -0.140. The van der Waals surface area contributed by atoms with E-state index in [-0.39, 0.29) is 17.9 Å². The lowest BCUT2D eigenvalue weighted by Gasteiger charge is -2.36. The van der Waals surface area contributed by atoms with Gasteiger partial charge in [0, 0.05) is 13.5 Å². The highest BCUT2D eigenvalue weighted by Crippen LogP contribution is 2.31. The van der Waals surface area contributed by atoms with Crippen LogP contribution in [0.5, 0.6) is 5.75 Å². The first-order valence-corrected chi connectivity index (χ1v) is 9.34. The highest BCUT2D eigenvalue weighted by molar-refractivity contribution is 5.89. The summed E-state index contributed by atoms with van der Waals surface area (Å²) < 4.78 is 5.21. The summed E-state index contributed by atoms with van der Waals surface area (Å²) in [5, 5.41) is 3.14. The molecule has 0 spiro atoms. The van der Waals surface area contributed by atoms with E-state index in [0.29, 0.717) is 6.54 Å². The van der Waals surface area contributed by atoms with Crippen molar-refractivity contribution in [3.63, 3.8) is 0 Å². The van der Waals surface area contributed by atoms with Crippen molar-refractivity contribution in [1.29, 1.82) is 0 Å². The molecule has 0 unspecified atom stereocenters. The van der Waals surface area contributed by atoms with Crippen LogP contribution in [0, 0.1) is 0 Å². The van der Waals surface area contributed by atoms with Crippen molar-refractivity contribution in [2.24, 2.45) is 0 Å². The largest absolute Gasteiger partial charge is 0.497 e. The Labute approximate surface area is 160 Å². The second kappa shape index (κ2) is 8.25. The maximum Gasteiger partial charge on any atom is 0.247 e. The minimum Gasteiger partial charge on any atom is -0.497 e. The number of methoxy groups -OCH3 is 1. The molecule has 0 aliphatic carbocycles. The van der Waals surface area contributed by atoms with E-state index in [1.54, 1.807) is 12.0 Å². The molecule has 2 aromatic carbocycles. The molecule has 0 saturated heterocycles. The maximum absolute atomic E-state index is 13.2. The fourth-order valence-corrected chi connectivity index (χ4v) is 3.70. The van der Waals surface area contributed by atoms with Crippen molar-refractivity contribution >= 4 is 11.8 Å². The average Bonchev–Trinajstić information content (AvgIpc) is 2.70. The van der Waals surface area contributed by atoms with Gasteiger partial charge in [-0.15, -0.1) is 0 Å². The molecule has 2 atom stereocenters. The van der Waals surface area contributed by atoms with E-state index >= 15 is 0 Å². The van der Waals surface area contributed by atoms with Crippen molar-refractivity contribution in [2.75, 3.05) is 13.7 Å². The van der Waals surface area contributed by atoms with E-state index in [0.717, 1.165) is 35.3 Å². The number of rotatable bonds is 5. The highest BCUT2D eigenvalue weighted by atomic mass is 16.5. The molecule has 27 heavy (non-hydrogen) atoms. The van der Waals surface area contributed by atoms with Crippen LogP contribution in [0.25, 0.3) is 0 Å². The fraction of sp³-hybridized carbons (Fsp3) is 0.364. The number of carbonyl (C=O) groups is 2. The number of nitrogens with zero attached hydrogens (tertiary/aromatic N) is 1. The van der Waals surface area contributed by atoms with Gasteiger partial charge in [0.1, 0.15) is 11.8 Å². The van der Waals surface area contributed by atoms with Gasteiger partial charge < -0.3 is 15.0 Å². The summed E-state index contributed by atoms with van der Waals surface area (Å²) in [6.07, 6.45) is 1.53. The minimum atomic E-state index is -0.584. The molecule has 0 bridgehead atoms. The van der Waals surface area contributed by atoms with E-state index < -0.39 is 6.04 Å². The summed E-state index contributed by atoms with van der Waals surface area (Å²) in [5.41, 5.74) is 3.07. The molecule has 1 heterocycles. The van der Waals surface area contributed by atoms with Crippen molar-refractivity contribution in [3.8, 4) is 5.75 Å². The minimum absolute atomic E-state index is 0.0813. The van der Waals surface area contributed by atoms with Crippen molar-refractivity contribution in [1.82, 2.24) is 10.2 Å². The van der Waals surface area contributed by atoms with Gasteiger partial charge in [0.15, 0.2) is 0 Å². The molecule has 1 aliphatic heterocycles. The lowest BCUT2D eigenvalue weighted by Crippen LogP contribution is -2.47. The molecule has 0 aromatic heterocycles. The average molecular weight is 366 g/mol. The second-order valence-corrected chi connectivity index (χ2v) is 6.81. The van der Waals surface area contributed by atoms with Gasteiger partial charge in [0.25, 0.3) is 0 Å². The zero-order valence-corrected chi connectivity index (χ0v) is 16.1. The molecular weight excluding hydrogens is 340 g/mol. The van der Waals surface area contributed by atoms with Crippen LogP contribution in [-0.2, 0) is 16.0 Å². The Bertz CT molecular complexity index is 817. The van der Waals surface area contributed by atoms with Crippen LogP contribution in [0.3, 0.4) is 0 Å². The van der Waals surface area contributed by atoms with Crippen LogP contribution in [0.1, 0.15) is 49.0 Å². The van der Waals surface area contributed by atoms with Crippen LogP contribution in [0.15, 0.2) is 48.5 Å². The monoisotopic (exact) mass is 366 g/mol. The third-order valence-corrected chi connectivity index (χ3v) is 5.18. The number of benzene rings is 2. The molecule has 1 N–H and O–H groups in total. The summed E-state index contributed by atoms with van der Waals surface area (Å²) >= 11 is 0. The molecule has 2 aromatic rings. The number of hydrogen-bond acceptors (Lipinski definition) is 3. The number of amides is 2. The smallest absolute Gasteiger partial charge is 0.247 e. The Morgan fingerprint density at radius 1 is 1.19 bits per heavy atom. The van der Waals surface area contributed by atoms with Crippen molar-refractivity contribution < 1.29 is 14.3 Å². The first-order valence-electron chi connectivity index (χ1n) is 9.34. The molecule has 3 rings (SSSR count). The zero-order chi connectivity index (χ0) is 19.4. The Morgan fingerprint density at radius 3 is 2.52 bits per heavy atom. The van der Waals surface area contributed by atoms with Crippen LogP contribution in [0.2, 0.25) is 0 Å². The van der Waals surface area contributed by atoms with E-state index in [9.17, 15) is 9.59 Å². The number of fused-ring (bicyclic) bond motifs is 1. The Hall–Kier alpha value is -2.82. The van der Waals surface area contributed by atoms with Gasteiger partial charge in [-0.2, -0.15) is 0 Å². The maximum atomic E-state index is 13.2. The molecule has 0 radical (unpaired) electrons. The van der Waals surface area contributed by atoms with Crippen LogP contribution < -0.4 is 10.1 Å². The summed E-state index contributed by atoms with van der Waals surface area (Å²) in [7, 11) is 1.63. The number of hydrogen-bond donors (Lipinski definition) is 1. The van der Waals surface area contributed by atoms with E-state index in [1.165, 1.54) is 6.92 Å². The zero-order valence-electron chi connectivity index (χ0n) is 16.1. The van der Waals surface area contributed by atoms with Crippen LogP contribution in [0.4, 0.5) is 0 Å². The SMILES string of the molecule is CC[C@H](NC(=O)[C@H]1c2ccccc2CCN1C(C)=O)c1ccc(OC)cc1. The van der Waals surface area contributed by atoms with Crippen LogP contribution in [-0.4, -0.2) is 30.4 Å². The Balaban J connectivity index is 1.86. The summed E-state index contributed by atoms with van der Waals surface area (Å²) in [6.45, 7) is 4.12. The third-order valence-electron chi connectivity index (χ3n) is 5.18. The van der Waals surface area contributed by atoms with Crippen molar-refractivity contribution in [3.05, 3.63) is 65.2 Å². The van der Waals surface area contributed by atoms with Gasteiger partial charge in [-0.1, -0.05) is 43.3 Å². The van der Waals surface area contributed by atoms with E-state index in [2.05, 4.69) is 5.32 Å². The first-order chi connectivity index (χ1) is 13.0. The predicted molar refractivity (Wildman–Crippen MR) is 104 cm³/mol. The van der Waals surface area contributed by atoms with Gasteiger partial charge in [-0.3, -0.25) is 9.59 Å². The quantitative estimate of drug-likeness (QED) is 0.882. The molecule has 0 fully saturated rings. The second-order valence-electron chi connectivity index (χ2n) is 6.81. The lowest BCUT2D eigenvalue weighted by atomic mass is 9.91. The standard InChI is InChI=1S/C22H26N2O3/c1-4-20(17-9-11-18(27-3)12-10-17)23-22(26)21-19-8-6-5-7-16(19)13-14-24(21)15(2)25/h5-12,20-21H,4,13-14H2,1-3H3,(H,23,26)/t20-,21+/m0/s1. The molecule has 0 saturated carbocycles. The van der Waals surface area contributed by atoms with Gasteiger partial charge in [-0.05, 0) is 41.7 Å². The first kappa shape index (κ1) is 19.0. The molecule has 5 heteroatoms. The summed E-state index contributed by atoms with van der Waals surface area (Å²) in [4.78, 5) is 27.0. The molecule has 5 nitrogen and oxygen atoms in total. The Morgan fingerprint density at radius 2 is 1.89 bits per heavy atom. The number of nitrogens with one attached hydrogen (secondary N) is 1. The Kier molecular flexibility index (Phi) is 5.79. The topological polar surface area (TPSA) is 58.6 Å². The third kappa shape index (κ3) is 3.97. The van der Waals surface area contributed by atoms with E-state index in [1.807, 2.05) is 55.5 Å². The van der Waals surface area contributed by atoms with Gasteiger partial charge in [-0.25, -0.2) is 0 Å². The van der Waals surface area contributed by atoms with Gasteiger partial charge >= 0.3 is 0 Å². The van der Waals surface area contributed by atoms with Crippen LogP contribution >= 0.6 is 0 Å². The molecule has 1 aliphatic rings. The molecular formula is C22H26N2O3. The normalized spacial score (nSPS) is 17.0. The van der Waals surface area contributed by atoms with Gasteiger partial charge in [0.2, 0.25) is 11.8 Å².